The lowest BCUT2D eigenvalue weighted by Gasteiger charge is -2.08. The van der Waals surface area contributed by atoms with Crippen molar-refractivity contribution in [3.05, 3.63) is 53.7 Å². The summed E-state index contributed by atoms with van der Waals surface area (Å²) in [6.07, 6.45) is 1.88. The highest BCUT2D eigenvalue weighted by atomic mass is 35.5. The highest BCUT2D eigenvalue weighted by Gasteiger charge is 2.22. The van der Waals surface area contributed by atoms with Gasteiger partial charge in [-0.3, -0.25) is 5.10 Å². The summed E-state index contributed by atoms with van der Waals surface area (Å²) in [5, 5.41) is 7.92. The minimum Gasteiger partial charge on any atom is -0.456 e. The zero-order valence-electron chi connectivity index (χ0n) is 9.85. The summed E-state index contributed by atoms with van der Waals surface area (Å²) in [6.45, 7) is 0. The van der Waals surface area contributed by atoms with E-state index in [-0.39, 0.29) is 0 Å². The van der Waals surface area contributed by atoms with E-state index in [1.807, 2.05) is 48.7 Å². The van der Waals surface area contributed by atoms with Crippen LogP contribution < -0.4 is 4.74 Å². The fraction of sp³-hybridized carbons (Fsp3) is 0. The Kier molecular flexibility index (Phi) is 2.17. The molecule has 0 radical (unpaired) electrons. The van der Waals surface area contributed by atoms with Gasteiger partial charge in [0.2, 0.25) is 0 Å². The molecular weight excluding hydrogens is 260 g/mol. The molecule has 0 atom stereocenters. The maximum atomic E-state index is 6.08. The van der Waals surface area contributed by atoms with Gasteiger partial charge in [0.1, 0.15) is 17.2 Å². The Morgan fingerprint density at radius 1 is 0.947 bits per heavy atom. The summed E-state index contributed by atoms with van der Waals surface area (Å²) in [5.74, 6) is 1.59. The molecule has 1 aromatic heterocycles. The van der Waals surface area contributed by atoms with E-state index in [1.165, 1.54) is 0 Å². The van der Waals surface area contributed by atoms with Gasteiger partial charge in [0.25, 0.3) is 0 Å². The van der Waals surface area contributed by atoms with Crippen molar-refractivity contribution in [2.24, 2.45) is 0 Å². The molecule has 0 unspecified atom stereocenters. The van der Waals surface area contributed by atoms with E-state index in [0.717, 1.165) is 33.9 Å². The minimum absolute atomic E-state index is 0.669. The van der Waals surface area contributed by atoms with E-state index in [9.17, 15) is 0 Å². The van der Waals surface area contributed by atoms with Crippen molar-refractivity contribution < 1.29 is 4.74 Å². The van der Waals surface area contributed by atoms with Crippen LogP contribution in [-0.4, -0.2) is 10.2 Å². The highest BCUT2D eigenvalue weighted by Crippen LogP contribution is 2.45. The van der Waals surface area contributed by atoms with Crippen molar-refractivity contribution in [3.63, 3.8) is 0 Å². The first kappa shape index (κ1) is 10.6. The summed E-state index contributed by atoms with van der Waals surface area (Å²) in [6, 6.07) is 13.5. The lowest BCUT2D eigenvalue weighted by Crippen LogP contribution is -1.86. The summed E-state index contributed by atoms with van der Waals surface area (Å²) < 4.78 is 5.99. The number of para-hydroxylation sites is 1. The fourth-order valence-corrected chi connectivity index (χ4v) is 2.55. The van der Waals surface area contributed by atoms with Crippen molar-refractivity contribution in [1.29, 1.82) is 0 Å². The molecule has 4 heteroatoms. The number of hydrogen-bond acceptors (Lipinski definition) is 2. The highest BCUT2D eigenvalue weighted by molar-refractivity contribution is 6.31. The van der Waals surface area contributed by atoms with E-state index in [4.69, 9.17) is 16.3 Å². The first-order valence-electron chi connectivity index (χ1n) is 5.94. The third kappa shape index (κ3) is 1.55. The number of nitrogens with one attached hydrogen (secondary N) is 1. The monoisotopic (exact) mass is 268 g/mol. The molecule has 4 rings (SSSR count). The van der Waals surface area contributed by atoms with Crippen LogP contribution in [0.25, 0.3) is 22.4 Å². The summed E-state index contributed by atoms with van der Waals surface area (Å²) in [7, 11) is 0. The molecule has 92 valence electrons. The average Bonchev–Trinajstić information content (AvgIpc) is 2.86. The third-order valence-electron chi connectivity index (χ3n) is 3.23. The molecule has 0 fully saturated rings. The number of hydrogen-bond donors (Lipinski definition) is 1. The average molecular weight is 269 g/mol. The zero-order chi connectivity index (χ0) is 12.8. The maximum absolute atomic E-state index is 6.08. The molecule has 0 aliphatic carbocycles. The number of rotatable bonds is 0. The van der Waals surface area contributed by atoms with Crippen LogP contribution in [0.5, 0.6) is 11.5 Å². The van der Waals surface area contributed by atoms with E-state index < -0.39 is 0 Å². The fourth-order valence-electron chi connectivity index (χ4n) is 2.37. The summed E-state index contributed by atoms with van der Waals surface area (Å²) in [5.41, 5.74) is 3.82. The molecule has 0 saturated carbocycles. The molecule has 3 nitrogen and oxygen atoms in total. The van der Waals surface area contributed by atoms with Gasteiger partial charge >= 0.3 is 0 Å². The van der Waals surface area contributed by atoms with Crippen LogP contribution in [0, 0.1) is 0 Å². The molecule has 2 heterocycles. The standard InChI is InChI=1S/C15H9ClN2O/c16-9-5-6-14-11(7-9)15-12(8-17-18-15)10-3-1-2-4-13(10)19-14/h1-8H,(H,17,18). The van der Waals surface area contributed by atoms with Gasteiger partial charge < -0.3 is 4.74 Å². The predicted molar refractivity (Wildman–Crippen MR) is 74.5 cm³/mol. The molecule has 1 N–H and O–H groups in total. The smallest absolute Gasteiger partial charge is 0.137 e. The number of halogens is 1. The lowest BCUT2D eigenvalue weighted by molar-refractivity contribution is 0.487. The van der Waals surface area contributed by atoms with Gasteiger partial charge in [-0.2, -0.15) is 5.10 Å². The van der Waals surface area contributed by atoms with Crippen molar-refractivity contribution >= 4 is 11.6 Å². The zero-order valence-corrected chi connectivity index (χ0v) is 10.6. The van der Waals surface area contributed by atoms with Crippen molar-refractivity contribution in [3.8, 4) is 33.9 Å². The number of nitrogens with zero attached hydrogens (tertiary/aromatic N) is 1. The van der Waals surface area contributed by atoms with Gasteiger partial charge in [-0.25, -0.2) is 0 Å². The second-order valence-electron chi connectivity index (χ2n) is 4.39. The quantitative estimate of drug-likeness (QED) is 0.510. The SMILES string of the molecule is Clc1ccc2c(c1)-c1n[nH]cc1-c1ccccc1O2. The molecule has 1 aliphatic rings. The Hall–Kier alpha value is -2.26. The van der Waals surface area contributed by atoms with Gasteiger partial charge in [0, 0.05) is 27.9 Å². The van der Waals surface area contributed by atoms with Gasteiger partial charge in [0.05, 0.1) is 0 Å². The first-order chi connectivity index (χ1) is 9.33. The molecule has 2 aromatic carbocycles. The van der Waals surface area contributed by atoms with E-state index in [0.29, 0.717) is 5.02 Å². The van der Waals surface area contributed by atoms with Crippen LogP contribution >= 0.6 is 11.6 Å². The van der Waals surface area contributed by atoms with Crippen LogP contribution in [0.15, 0.2) is 48.7 Å². The van der Waals surface area contributed by atoms with Crippen LogP contribution in [0.2, 0.25) is 5.02 Å². The van der Waals surface area contributed by atoms with Crippen LogP contribution in [0.3, 0.4) is 0 Å². The van der Waals surface area contributed by atoms with Crippen molar-refractivity contribution in [2.45, 2.75) is 0 Å². The van der Waals surface area contributed by atoms with Crippen LogP contribution in [0.4, 0.5) is 0 Å². The Labute approximate surface area is 114 Å². The third-order valence-corrected chi connectivity index (χ3v) is 3.47. The molecule has 1 aliphatic heterocycles. The Bertz CT molecular complexity index is 779. The Morgan fingerprint density at radius 2 is 1.79 bits per heavy atom. The summed E-state index contributed by atoms with van der Waals surface area (Å²) >= 11 is 6.08. The van der Waals surface area contributed by atoms with Crippen molar-refractivity contribution in [1.82, 2.24) is 10.2 Å². The van der Waals surface area contributed by atoms with Gasteiger partial charge in [-0.05, 0) is 24.3 Å². The number of benzene rings is 2. The number of H-pyrrole nitrogens is 1. The number of fused-ring (bicyclic) bond motifs is 5. The van der Waals surface area contributed by atoms with Crippen LogP contribution in [-0.2, 0) is 0 Å². The first-order valence-corrected chi connectivity index (χ1v) is 6.32. The second-order valence-corrected chi connectivity index (χ2v) is 4.82. The number of aromatic amines is 1. The number of ether oxygens (including phenoxy) is 1. The van der Waals surface area contributed by atoms with Gasteiger partial charge in [-0.1, -0.05) is 29.8 Å². The summed E-state index contributed by atoms with van der Waals surface area (Å²) in [4.78, 5) is 0. The molecule has 0 saturated heterocycles. The molecule has 0 spiro atoms. The lowest BCUT2D eigenvalue weighted by atomic mass is 10.0. The number of aromatic nitrogens is 2. The van der Waals surface area contributed by atoms with E-state index in [1.54, 1.807) is 0 Å². The van der Waals surface area contributed by atoms with Gasteiger partial charge in [-0.15, -0.1) is 0 Å². The van der Waals surface area contributed by atoms with Crippen molar-refractivity contribution in [2.75, 3.05) is 0 Å². The predicted octanol–water partition coefficient (Wildman–Crippen LogP) is 4.50. The van der Waals surface area contributed by atoms with E-state index in [2.05, 4.69) is 10.2 Å². The normalized spacial score (nSPS) is 11.8. The Balaban J connectivity index is 2.10. The molecule has 3 aromatic rings. The second kappa shape index (κ2) is 3.87. The van der Waals surface area contributed by atoms with E-state index >= 15 is 0 Å². The maximum Gasteiger partial charge on any atom is 0.137 e. The van der Waals surface area contributed by atoms with Crippen LogP contribution in [0.1, 0.15) is 0 Å². The molecule has 0 bridgehead atoms. The largest absolute Gasteiger partial charge is 0.456 e. The molecule has 19 heavy (non-hydrogen) atoms. The minimum atomic E-state index is 0.669. The molecule has 0 amide bonds. The van der Waals surface area contributed by atoms with Gasteiger partial charge in [0.15, 0.2) is 0 Å². The molecular formula is C15H9ClN2O. The Morgan fingerprint density at radius 3 is 2.74 bits per heavy atom. The topological polar surface area (TPSA) is 37.9 Å².